The van der Waals surface area contributed by atoms with Crippen molar-refractivity contribution in [1.29, 1.82) is 0 Å². The van der Waals surface area contributed by atoms with E-state index in [9.17, 15) is 4.79 Å². The molecule has 2 rings (SSSR count). The highest BCUT2D eigenvalue weighted by molar-refractivity contribution is 5.97. The molecule has 0 aromatic heterocycles. The van der Waals surface area contributed by atoms with Gasteiger partial charge in [-0.1, -0.05) is 43.5 Å². The van der Waals surface area contributed by atoms with Crippen LogP contribution in [0.4, 0.5) is 0 Å². The zero-order valence-corrected chi connectivity index (χ0v) is 10.4. The molecular weight excluding hydrogens is 212 g/mol. The number of rotatable bonds is 4. The van der Waals surface area contributed by atoms with E-state index in [1.807, 2.05) is 12.1 Å². The first-order valence-corrected chi connectivity index (χ1v) is 6.43. The fourth-order valence-electron chi connectivity index (χ4n) is 2.59. The van der Waals surface area contributed by atoms with Gasteiger partial charge < -0.3 is 4.74 Å². The van der Waals surface area contributed by atoms with Crippen LogP contribution in [0.3, 0.4) is 0 Å². The third-order valence-corrected chi connectivity index (χ3v) is 3.58. The first-order valence-electron chi connectivity index (χ1n) is 6.43. The second-order valence-electron chi connectivity index (χ2n) is 4.81. The number of carbonyl (C=O) groups is 1. The van der Waals surface area contributed by atoms with E-state index in [1.165, 1.54) is 37.7 Å². The Bertz CT molecular complexity index is 361. The Kier molecular flexibility index (Phi) is 4.32. The Morgan fingerprint density at radius 1 is 1.18 bits per heavy atom. The van der Waals surface area contributed by atoms with Crippen molar-refractivity contribution in [2.24, 2.45) is 0 Å². The number of hydrogen-bond acceptors (Lipinski definition) is 2. The number of ether oxygens (including phenoxy) is 1. The van der Waals surface area contributed by atoms with Crippen LogP contribution in [0.2, 0.25) is 0 Å². The minimum atomic E-state index is 0.0581. The van der Waals surface area contributed by atoms with Crippen LogP contribution in [0.1, 0.15) is 53.9 Å². The minimum absolute atomic E-state index is 0.0581. The summed E-state index contributed by atoms with van der Waals surface area (Å²) in [6.45, 7) is 0.169. The normalized spacial score (nSPS) is 17.0. The number of Topliss-reactive ketones (excluding diaryl/α,β-unsaturated/α-hetero) is 1. The van der Waals surface area contributed by atoms with Crippen LogP contribution in [-0.2, 0) is 4.74 Å². The predicted octanol–water partition coefficient (Wildman–Crippen LogP) is 3.56. The number of carbonyl (C=O) groups excluding carboxylic acids is 1. The lowest BCUT2D eigenvalue weighted by atomic mass is 9.84. The molecular formula is C15H20O2. The van der Waals surface area contributed by atoms with Gasteiger partial charge in [0.15, 0.2) is 5.78 Å². The van der Waals surface area contributed by atoms with Crippen molar-refractivity contribution in [3.05, 3.63) is 35.4 Å². The summed E-state index contributed by atoms with van der Waals surface area (Å²) in [5.74, 6) is 0.762. The summed E-state index contributed by atoms with van der Waals surface area (Å²) in [5.41, 5.74) is 2.14. The third kappa shape index (κ3) is 3.16. The summed E-state index contributed by atoms with van der Waals surface area (Å²) in [5, 5.41) is 0. The smallest absolute Gasteiger partial charge is 0.188 e. The van der Waals surface area contributed by atoms with Crippen molar-refractivity contribution >= 4 is 5.78 Å². The Morgan fingerprint density at radius 2 is 1.82 bits per heavy atom. The lowest BCUT2D eigenvalue weighted by Crippen LogP contribution is -2.08. The molecule has 92 valence electrons. The second kappa shape index (κ2) is 5.97. The van der Waals surface area contributed by atoms with Gasteiger partial charge in [0.2, 0.25) is 0 Å². The van der Waals surface area contributed by atoms with Crippen molar-refractivity contribution in [2.45, 2.75) is 38.0 Å². The van der Waals surface area contributed by atoms with E-state index in [1.54, 1.807) is 7.11 Å². The maximum Gasteiger partial charge on any atom is 0.188 e. The molecule has 0 aliphatic heterocycles. The molecule has 17 heavy (non-hydrogen) atoms. The molecule has 2 nitrogen and oxygen atoms in total. The van der Waals surface area contributed by atoms with Gasteiger partial charge in [-0.25, -0.2) is 0 Å². The van der Waals surface area contributed by atoms with Crippen LogP contribution < -0.4 is 0 Å². The fourth-order valence-corrected chi connectivity index (χ4v) is 2.59. The van der Waals surface area contributed by atoms with Gasteiger partial charge in [0.05, 0.1) is 0 Å². The van der Waals surface area contributed by atoms with Crippen molar-refractivity contribution in [1.82, 2.24) is 0 Å². The van der Waals surface area contributed by atoms with Crippen LogP contribution in [0.15, 0.2) is 24.3 Å². The molecule has 2 heteroatoms. The molecule has 0 heterocycles. The molecule has 0 unspecified atom stereocenters. The lowest BCUT2D eigenvalue weighted by Gasteiger charge is -2.22. The van der Waals surface area contributed by atoms with E-state index in [0.29, 0.717) is 5.92 Å². The third-order valence-electron chi connectivity index (χ3n) is 3.58. The van der Waals surface area contributed by atoms with Gasteiger partial charge in [0.25, 0.3) is 0 Å². The molecule has 0 amide bonds. The summed E-state index contributed by atoms with van der Waals surface area (Å²) in [6, 6.07) is 8.09. The van der Waals surface area contributed by atoms with E-state index >= 15 is 0 Å². The summed E-state index contributed by atoms with van der Waals surface area (Å²) in [4.78, 5) is 11.6. The predicted molar refractivity (Wildman–Crippen MR) is 68.5 cm³/mol. The molecule has 0 spiro atoms. The first-order chi connectivity index (χ1) is 8.31. The molecule has 0 radical (unpaired) electrons. The molecule has 0 bridgehead atoms. The molecule has 0 atom stereocenters. The van der Waals surface area contributed by atoms with Crippen LogP contribution in [-0.4, -0.2) is 19.5 Å². The highest BCUT2D eigenvalue weighted by Gasteiger charge is 2.15. The van der Waals surface area contributed by atoms with Crippen molar-refractivity contribution < 1.29 is 9.53 Å². The van der Waals surface area contributed by atoms with Gasteiger partial charge in [0.1, 0.15) is 6.61 Å². The molecule has 1 aliphatic rings. The number of hydrogen-bond donors (Lipinski definition) is 0. The summed E-state index contributed by atoms with van der Waals surface area (Å²) in [6.07, 6.45) is 6.65. The largest absolute Gasteiger partial charge is 0.377 e. The van der Waals surface area contributed by atoms with Crippen molar-refractivity contribution in [3.8, 4) is 0 Å². The summed E-state index contributed by atoms with van der Waals surface area (Å²) < 4.78 is 4.86. The van der Waals surface area contributed by atoms with E-state index in [2.05, 4.69) is 12.1 Å². The lowest BCUT2D eigenvalue weighted by molar-refractivity contribution is 0.0848. The monoisotopic (exact) mass is 232 g/mol. The Hall–Kier alpha value is -1.15. The number of ketones is 1. The van der Waals surface area contributed by atoms with Gasteiger partial charge >= 0.3 is 0 Å². The SMILES string of the molecule is COCC(=O)c1ccc(C2CCCCC2)cc1. The maximum absolute atomic E-state index is 11.6. The standard InChI is InChI=1S/C15H20O2/c1-17-11-15(16)14-9-7-13(8-10-14)12-5-3-2-4-6-12/h7-10,12H,2-6,11H2,1H3. The van der Waals surface area contributed by atoms with E-state index in [-0.39, 0.29) is 12.4 Å². The van der Waals surface area contributed by atoms with E-state index < -0.39 is 0 Å². The van der Waals surface area contributed by atoms with Crippen LogP contribution in [0.5, 0.6) is 0 Å². The Labute approximate surface area is 103 Å². The average Bonchev–Trinajstić information content (AvgIpc) is 2.40. The van der Waals surface area contributed by atoms with Gasteiger partial charge in [-0.3, -0.25) is 4.79 Å². The molecule has 1 fully saturated rings. The number of benzene rings is 1. The summed E-state index contributed by atoms with van der Waals surface area (Å²) in [7, 11) is 1.55. The molecule has 1 aromatic rings. The fraction of sp³-hybridized carbons (Fsp3) is 0.533. The molecule has 0 N–H and O–H groups in total. The quantitative estimate of drug-likeness (QED) is 0.742. The average molecular weight is 232 g/mol. The summed E-state index contributed by atoms with van der Waals surface area (Å²) >= 11 is 0. The highest BCUT2D eigenvalue weighted by atomic mass is 16.5. The molecule has 1 saturated carbocycles. The van der Waals surface area contributed by atoms with Crippen LogP contribution in [0.25, 0.3) is 0 Å². The zero-order valence-electron chi connectivity index (χ0n) is 10.4. The Balaban J connectivity index is 2.04. The van der Waals surface area contributed by atoms with Crippen LogP contribution in [0, 0.1) is 0 Å². The first kappa shape index (κ1) is 12.3. The molecule has 1 aliphatic carbocycles. The number of methoxy groups -OCH3 is 1. The van der Waals surface area contributed by atoms with Gasteiger partial charge in [-0.05, 0) is 24.3 Å². The molecule has 0 saturated heterocycles. The minimum Gasteiger partial charge on any atom is -0.377 e. The second-order valence-corrected chi connectivity index (χ2v) is 4.81. The zero-order chi connectivity index (χ0) is 12.1. The van der Waals surface area contributed by atoms with E-state index in [4.69, 9.17) is 4.74 Å². The molecule has 1 aromatic carbocycles. The maximum atomic E-state index is 11.6. The highest BCUT2D eigenvalue weighted by Crippen LogP contribution is 2.32. The van der Waals surface area contributed by atoms with Crippen molar-refractivity contribution in [2.75, 3.05) is 13.7 Å². The van der Waals surface area contributed by atoms with E-state index in [0.717, 1.165) is 5.56 Å². The van der Waals surface area contributed by atoms with Gasteiger partial charge in [-0.15, -0.1) is 0 Å². The van der Waals surface area contributed by atoms with Crippen LogP contribution >= 0.6 is 0 Å². The van der Waals surface area contributed by atoms with Crippen molar-refractivity contribution in [3.63, 3.8) is 0 Å². The van der Waals surface area contributed by atoms with Gasteiger partial charge in [0, 0.05) is 12.7 Å². The Morgan fingerprint density at radius 3 is 2.41 bits per heavy atom. The topological polar surface area (TPSA) is 26.3 Å². The van der Waals surface area contributed by atoms with Gasteiger partial charge in [-0.2, -0.15) is 0 Å².